The van der Waals surface area contributed by atoms with Crippen LogP contribution in [0, 0.1) is 5.92 Å². The molecule has 2 aromatic rings. The molecule has 1 atom stereocenters. The van der Waals surface area contributed by atoms with Gasteiger partial charge in [0.1, 0.15) is 0 Å². The van der Waals surface area contributed by atoms with Crippen molar-refractivity contribution >= 4 is 17.6 Å². The van der Waals surface area contributed by atoms with Crippen molar-refractivity contribution in [3.8, 4) is 11.4 Å². The Balaban J connectivity index is 2.46. The first kappa shape index (κ1) is 14.4. The molecule has 2 heterocycles. The van der Waals surface area contributed by atoms with Crippen LogP contribution in [0.15, 0.2) is 18.5 Å². The Bertz CT molecular complexity index is 613. The second-order valence-corrected chi connectivity index (χ2v) is 5.12. The molecule has 106 valence electrons. The third-order valence-corrected chi connectivity index (χ3v) is 3.27. The summed E-state index contributed by atoms with van der Waals surface area (Å²) < 4.78 is 1.51. The predicted molar refractivity (Wildman–Crippen MR) is 72.2 cm³/mol. The average Bonchev–Trinajstić information content (AvgIpc) is 2.84. The van der Waals surface area contributed by atoms with Gasteiger partial charge in [-0.2, -0.15) is 0 Å². The molecule has 7 nitrogen and oxygen atoms in total. The van der Waals surface area contributed by atoms with Crippen LogP contribution in [-0.2, 0) is 4.79 Å². The highest BCUT2D eigenvalue weighted by atomic mass is 35.5. The van der Waals surface area contributed by atoms with Gasteiger partial charge < -0.3 is 5.11 Å². The third-order valence-electron chi connectivity index (χ3n) is 2.97. The highest BCUT2D eigenvalue weighted by Crippen LogP contribution is 2.29. The number of nitrogens with zero attached hydrogens (tertiary/aromatic N) is 5. The molecule has 8 heteroatoms. The maximum absolute atomic E-state index is 11.0. The van der Waals surface area contributed by atoms with Gasteiger partial charge in [-0.05, 0) is 22.4 Å². The Kier molecular flexibility index (Phi) is 4.29. The molecule has 0 spiro atoms. The molecule has 0 radical (unpaired) electrons. The maximum atomic E-state index is 11.0. The number of hydrogen-bond donors (Lipinski definition) is 1. The molecule has 0 aliphatic rings. The molecule has 0 aromatic carbocycles. The van der Waals surface area contributed by atoms with Crippen LogP contribution >= 0.6 is 11.6 Å². The Morgan fingerprint density at radius 1 is 1.50 bits per heavy atom. The number of carbonyl (C=O) groups is 1. The van der Waals surface area contributed by atoms with E-state index in [1.807, 2.05) is 13.8 Å². The van der Waals surface area contributed by atoms with E-state index in [-0.39, 0.29) is 18.4 Å². The summed E-state index contributed by atoms with van der Waals surface area (Å²) in [6, 6.07) is 1.35. The van der Waals surface area contributed by atoms with E-state index in [0.717, 1.165) is 0 Å². The summed E-state index contributed by atoms with van der Waals surface area (Å²) in [5.41, 5.74) is 0.628. The van der Waals surface area contributed by atoms with Crippen LogP contribution in [0.25, 0.3) is 11.4 Å². The second kappa shape index (κ2) is 5.96. The number of aliphatic carboxylic acids is 1. The number of tetrazole rings is 1. The van der Waals surface area contributed by atoms with Crippen molar-refractivity contribution < 1.29 is 9.90 Å². The van der Waals surface area contributed by atoms with Gasteiger partial charge in [-0.15, -0.1) is 5.10 Å². The maximum Gasteiger partial charge on any atom is 0.305 e. The van der Waals surface area contributed by atoms with Crippen LogP contribution in [0.1, 0.15) is 26.3 Å². The lowest BCUT2D eigenvalue weighted by Crippen LogP contribution is -2.21. The van der Waals surface area contributed by atoms with Crippen molar-refractivity contribution in [3.05, 3.63) is 23.5 Å². The molecule has 1 N–H and O–H groups in total. The lowest BCUT2D eigenvalue weighted by molar-refractivity contribution is -0.138. The number of carboxylic acids is 1. The van der Waals surface area contributed by atoms with E-state index in [1.165, 1.54) is 10.9 Å². The third kappa shape index (κ3) is 2.93. The van der Waals surface area contributed by atoms with Gasteiger partial charge in [0.05, 0.1) is 17.5 Å². The zero-order chi connectivity index (χ0) is 14.7. The first-order valence-electron chi connectivity index (χ1n) is 6.10. The highest BCUT2D eigenvalue weighted by molar-refractivity contribution is 6.33. The number of aromatic nitrogens is 5. The zero-order valence-corrected chi connectivity index (χ0v) is 11.8. The quantitative estimate of drug-likeness (QED) is 0.907. The van der Waals surface area contributed by atoms with Crippen LogP contribution in [0.2, 0.25) is 5.02 Å². The Labute approximate surface area is 120 Å². The standard InChI is InChI=1S/C12H14ClN5O2/c1-7(2)10(5-11(19)20)18-12(15-16-17-18)8-3-4-14-6-9(8)13/h3-4,6-7,10H,5H2,1-2H3,(H,19,20). The van der Waals surface area contributed by atoms with E-state index in [2.05, 4.69) is 20.5 Å². The molecular formula is C12H14ClN5O2. The van der Waals surface area contributed by atoms with E-state index in [1.54, 1.807) is 12.3 Å². The summed E-state index contributed by atoms with van der Waals surface area (Å²) in [5, 5.41) is 21.0. The average molecular weight is 296 g/mol. The second-order valence-electron chi connectivity index (χ2n) is 4.71. The van der Waals surface area contributed by atoms with Gasteiger partial charge >= 0.3 is 5.97 Å². The number of rotatable bonds is 5. The highest BCUT2D eigenvalue weighted by Gasteiger charge is 2.25. The van der Waals surface area contributed by atoms with Crippen molar-refractivity contribution in [1.29, 1.82) is 0 Å². The van der Waals surface area contributed by atoms with E-state index >= 15 is 0 Å². The minimum absolute atomic E-state index is 0.0571. The van der Waals surface area contributed by atoms with Crippen molar-refractivity contribution in [1.82, 2.24) is 25.2 Å². The Morgan fingerprint density at radius 3 is 2.85 bits per heavy atom. The molecular weight excluding hydrogens is 282 g/mol. The summed E-state index contributed by atoms with van der Waals surface area (Å²) in [4.78, 5) is 14.9. The summed E-state index contributed by atoms with van der Waals surface area (Å²) in [7, 11) is 0. The molecule has 0 aliphatic heterocycles. The molecule has 20 heavy (non-hydrogen) atoms. The first-order chi connectivity index (χ1) is 9.50. The number of halogens is 1. The van der Waals surface area contributed by atoms with Crippen LogP contribution in [0.4, 0.5) is 0 Å². The van der Waals surface area contributed by atoms with Crippen LogP contribution in [0.3, 0.4) is 0 Å². The smallest absolute Gasteiger partial charge is 0.305 e. The summed E-state index contributed by atoms with van der Waals surface area (Å²) in [6.45, 7) is 3.85. The fourth-order valence-corrected chi connectivity index (χ4v) is 2.14. The van der Waals surface area contributed by atoms with E-state index in [0.29, 0.717) is 16.4 Å². The molecule has 2 rings (SSSR count). The van der Waals surface area contributed by atoms with Crippen molar-refractivity contribution in [2.24, 2.45) is 5.92 Å². The zero-order valence-electron chi connectivity index (χ0n) is 11.1. The van der Waals surface area contributed by atoms with Crippen LogP contribution in [0.5, 0.6) is 0 Å². The molecule has 0 saturated heterocycles. The van der Waals surface area contributed by atoms with Gasteiger partial charge in [-0.1, -0.05) is 25.4 Å². The monoisotopic (exact) mass is 295 g/mol. The normalized spacial score (nSPS) is 12.6. The molecule has 1 unspecified atom stereocenters. The van der Waals surface area contributed by atoms with Gasteiger partial charge in [0.25, 0.3) is 0 Å². The van der Waals surface area contributed by atoms with Crippen molar-refractivity contribution in [2.75, 3.05) is 0 Å². The SMILES string of the molecule is CC(C)C(CC(=O)O)n1nnnc1-c1ccncc1Cl. The van der Waals surface area contributed by atoms with Crippen LogP contribution in [-0.4, -0.2) is 36.3 Å². The Morgan fingerprint density at radius 2 is 2.25 bits per heavy atom. The van der Waals surface area contributed by atoms with Gasteiger partial charge in [0.15, 0.2) is 5.82 Å². The van der Waals surface area contributed by atoms with E-state index < -0.39 is 5.97 Å². The topological polar surface area (TPSA) is 93.8 Å². The van der Waals surface area contributed by atoms with E-state index in [9.17, 15) is 4.79 Å². The molecule has 0 amide bonds. The summed E-state index contributed by atoms with van der Waals surface area (Å²) >= 11 is 6.09. The molecule has 0 bridgehead atoms. The van der Waals surface area contributed by atoms with Gasteiger partial charge in [-0.25, -0.2) is 4.68 Å². The summed E-state index contributed by atoms with van der Waals surface area (Å²) in [5.74, 6) is -0.391. The van der Waals surface area contributed by atoms with Gasteiger partial charge in [-0.3, -0.25) is 9.78 Å². The fraction of sp³-hybridized carbons (Fsp3) is 0.417. The van der Waals surface area contributed by atoms with Crippen LogP contribution < -0.4 is 0 Å². The van der Waals surface area contributed by atoms with Gasteiger partial charge in [0.2, 0.25) is 0 Å². The number of pyridine rings is 1. The first-order valence-corrected chi connectivity index (χ1v) is 6.48. The number of carboxylic acid groups (broad SMARTS) is 1. The molecule has 0 saturated carbocycles. The van der Waals surface area contributed by atoms with Crippen molar-refractivity contribution in [3.63, 3.8) is 0 Å². The van der Waals surface area contributed by atoms with Crippen molar-refractivity contribution in [2.45, 2.75) is 26.3 Å². The number of hydrogen-bond acceptors (Lipinski definition) is 5. The minimum Gasteiger partial charge on any atom is -0.481 e. The molecule has 0 aliphatic carbocycles. The molecule has 0 fully saturated rings. The van der Waals surface area contributed by atoms with Gasteiger partial charge in [0, 0.05) is 18.0 Å². The minimum atomic E-state index is -0.897. The van der Waals surface area contributed by atoms with E-state index in [4.69, 9.17) is 16.7 Å². The lowest BCUT2D eigenvalue weighted by Gasteiger charge is -2.20. The summed E-state index contributed by atoms with van der Waals surface area (Å²) in [6.07, 6.45) is 3.03. The Hall–Kier alpha value is -2.02. The lowest BCUT2D eigenvalue weighted by atomic mass is 10.0. The predicted octanol–water partition coefficient (Wildman–Crippen LogP) is 2.06. The largest absolute Gasteiger partial charge is 0.481 e. The fourth-order valence-electron chi connectivity index (χ4n) is 1.93. The molecule has 2 aromatic heterocycles.